The number of benzene rings is 1. The molecule has 0 bridgehead atoms. The van der Waals surface area contributed by atoms with Gasteiger partial charge in [-0.25, -0.2) is 43.1 Å². The molecule has 0 radical (unpaired) electrons. The third-order valence-corrected chi connectivity index (χ3v) is 9.11. The maximum absolute atomic E-state index is 14.5. The lowest BCUT2D eigenvalue weighted by Crippen LogP contribution is -2.57. The number of rotatable bonds is 8. The van der Waals surface area contributed by atoms with Gasteiger partial charge >= 0.3 is 18.3 Å². The number of anilines is 2. The molecule has 18 heteroatoms. The topological polar surface area (TPSA) is 176 Å². The third-order valence-electron chi connectivity index (χ3n) is 9.11. The Morgan fingerprint density at radius 2 is 1.64 bits per heavy atom. The van der Waals surface area contributed by atoms with E-state index in [4.69, 9.17) is 18.9 Å². The summed E-state index contributed by atoms with van der Waals surface area (Å²) in [4.78, 5) is 65.1. The van der Waals surface area contributed by atoms with Gasteiger partial charge in [-0.3, -0.25) is 4.98 Å². The Bertz CT molecular complexity index is 2320. The highest BCUT2D eigenvalue weighted by Gasteiger charge is 2.42. The zero-order valence-corrected chi connectivity index (χ0v) is 33.5. The van der Waals surface area contributed by atoms with Crippen molar-refractivity contribution >= 4 is 40.9 Å². The average molecular weight is 802 g/mol. The Hall–Kier alpha value is -6.46. The van der Waals surface area contributed by atoms with Crippen LogP contribution in [0.2, 0.25) is 0 Å². The van der Waals surface area contributed by atoms with Crippen molar-refractivity contribution in [3.8, 4) is 17.1 Å². The minimum atomic E-state index is -1.03. The Balaban J connectivity index is 1.47. The van der Waals surface area contributed by atoms with E-state index in [0.29, 0.717) is 58.2 Å². The first-order chi connectivity index (χ1) is 27.4. The second-order valence-electron chi connectivity index (χ2n) is 15.6. The lowest BCUT2D eigenvalue weighted by atomic mass is 9.82. The summed E-state index contributed by atoms with van der Waals surface area (Å²) in [5.74, 6) is -1.86. The predicted molar refractivity (Wildman–Crippen MR) is 208 cm³/mol. The summed E-state index contributed by atoms with van der Waals surface area (Å²) in [6.45, 7) is 10.8. The van der Waals surface area contributed by atoms with Crippen LogP contribution in [0.1, 0.15) is 65.5 Å². The van der Waals surface area contributed by atoms with Crippen molar-refractivity contribution in [2.24, 2.45) is 0 Å². The molecule has 0 saturated carbocycles. The number of alkyl carbamates (subject to hydrolysis) is 1. The van der Waals surface area contributed by atoms with Crippen LogP contribution in [-0.4, -0.2) is 86.3 Å². The monoisotopic (exact) mass is 801 g/mol. The molecular formula is C40H45F2N9O7. The van der Waals surface area contributed by atoms with Gasteiger partial charge in [0.05, 0.1) is 50.2 Å². The Labute approximate surface area is 333 Å². The summed E-state index contributed by atoms with van der Waals surface area (Å²) in [6, 6.07) is 8.87. The summed E-state index contributed by atoms with van der Waals surface area (Å²) in [5, 5.41) is 3.04. The van der Waals surface area contributed by atoms with Gasteiger partial charge in [0.1, 0.15) is 17.5 Å². The van der Waals surface area contributed by atoms with E-state index in [9.17, 15) is 23.2 Å². The fraction of sp³-hybridized carbons (Fsp3) is 0.400. The van der Waals surface area contributed by atoms with Gasteiger partial charge in [0, 0.05) is 30.4 Å². The second kappa shape index (κ2) is 16.2. The lowest BCUT2D eigenvalue weighted by Gasteiger charge is -2.44. The van der Waals surface area contributed by atoms with E-state index in [0.717, 1.165) is 12.1 Å². The highest BCUT2D eigenvalue weighted by atomic mass is 19.2. The molecule has 0 spiro atoms. The molecule has 3 amide bonds. The van der Waals surface area contributed by atoms with Crippen molar-refractivity contribution in [3.63, 3.8) is 0 Å². The molecule has 1 N–H and O–H groups in total. The van der Waals surface area contributed by atoms with E-state index in [1.54, 1.807) is 70.6 Å². The fourth-order valence-electron chi connectivity index (χ4n) is 6.72. The Morgan fingerprint density at radius 3 is 2.29 bits per heavy atom. The number of methoxy groups -OCH3 is 2. The van der Waals surface area contributed by atoms with Gasteiger partial charge in [0.25, 0.3) is 0 Å². The van der Waals surface area contributed by atoms with Crippen molar-refractivity contribution in [3.05, 3.63) is 84.2 Å². The number of halogens is 2. The number of carbonyl (C=O) groups is 3. The molecule has 1 atom stereocenters. The second-order valence-corrected chi connectivity index (χ2v) is 15.6. The number of amides is 3. The van der Waals surface area contributed by atoms with Crippen LogP contribution >= 0.6 is 0 Å². The molecule has 0 aliphatic carbocycles. The standard InChI is InChI=1S/C40H45F2N9O7/c1-38(2,3)57-36(53)51(37(54)58-39(4,5)6)33-31-32(45-22-46-33)50(23-47-31)20-25-18-29(24-12-13-27(41)28(42)17-24)44-19-30(25)49-16-10-14-40(21-49,48-35(52)56-8)26-11-9-15-43-34(26)55-7/h9,11-13,15,17-19,22-23H,10,14,16,20-21H2,1-8H3,(H,48,52). The van der Waals surface area contributed by atoms with Crippen LogP contribution in [0.15, 0.2) is 61.4 Å². The molecule has 5 aromatic rings. The fourth-order valence-corrected chi connectivity index (χ4v) is 6.72. The summed E-state index contributed by atoms with van der Waals surface area (Å²) in [7, 11) is 2.79. The molecule has 1 fully saturated rings. The maximum Gasteiger partial charge on any atom is 0.425 e. The number of pyridine rings is 2. The number of nitrogens with zero attached hydrogens (tertiary/aromatic N) is 8. The molecule has 5 heterocycles. The van der Waals surface area contributed by atoms with Gasteiger partial charge in [-0.1, -0.05) is 0 Å². The van der Waals surface area contributed by atoms with E-state index in [1.807, 2.05) is 6.07 Å². The molecule has 6 rings (SSSR count). The third kappa shape index (κ3) is 8.90. The summed E-state index contributed by atoms with van der Waals surface area (Å²) < 4.78 is 52.0. The maximum atomic E-state index is 14.5. The van der Waals surface area contributed by atoms with Gasteiger partial charge < -0.3 is 33.7 Å². The normalized spacial score (nSPS) is 15.8. The first-order valence-corrected chi connectivity index (χ1v) is 18.4. The minimum absolute atomic E-state index is 0.0878. The zero-order chi connectivity index (χ0) is 42.0. The minimum Gasteiger partial charge on any atom is -0.481 e. The lowest BCUT2D eigenvalue weighted by molar-refractivity contribution is 0.0429. The smallest absolute Gasteiger partial charge is 0.425 e. The molecule has 4 aromatic heterocycles. The number of piperidine rings is 1. The number of imide groups is 1. The summed E-state index contributed by atoms with van der Waals surface area (Å²) in [6.07, 6.45) is 4.34. The average Bonchev–Trinajstić information content (AvgIpc) is 3.57. The molecule has 1 unspecified atom stereocenters. The van der Waals surface area contributed by atoms with Crippen LogP contribution in [0, 0.1) is 11.6 Å². The number of imidazole rings is 1. The van der Waals surface area contributed by atoms with Crippen molar-refractivity contribution in [2.75, 3.05) is 37.1 Å². The number of nitrogens with one attached hydrogen (secondary N) is 1. The van der Waals surface area contributed by atoms with Crippen molar-refractivity contribution in [1.29, 1.82) is 0 Å². The van der Waals surface area contributed by atoms with Crippen LogP contribution in [-0.2, 0) is 26.3 Å². The number of fused-ring (bicyclic) bond motifs is 1. The Kier molecular flexibility index (Phi) is 11.5. The molecular weight excluding hydrogens is 756 g/mol. The van der Waals surface area contributed by atoms with Crippen LogP contribution in [0.3, 0.4) is 0 Å². The van der Waals surface area contributed by atoms with Crippen molar-refractivity contribution < 1.29 is 42.1 Å². The first kappa shape index (κ1) is 41.2. The van der Waals surface area contributed by atoms with E-state index in [-0.39, 0.29) is 30.1 Å². The van der Waals surface area contributed by atoms with Crippen LogP contribution in [0.25, 0.3) is 22.4 Å². The van der Waals surface area contributed by atoms with Gasteiger partial charge in [-0.15, -0.1) is 0 Å². The van der Waals surface area contributed by atoms with Gasteiger partial charge in [0.2, 0.25) is 5.88 Å². The van der Waals surface area contributed by atoms with E-state index >= 15 is 0 Å². The summed E-state index contributed by atoms with van der Waals surface area (Å²) in [5.41, 5.74) is 0.0163. The van der Waals surface area contributed by atoms with E-state index < -0.39 is 46.7 Å². The van der Waals surface area contributed by atoms with Gasteiger partial charge in [-0.05, 0) is 96.3 Å². The highest BCUT2D eigenvalue weighted by molar-refractivity contribution is 6.12. The first-order valence-electron chi connectivity index (χ1n) is 18.4. The molecule has 1 aliphatic heterocycles. The quantitative estimate of drug-likeness (QED) is 0.157. The van der Waals surface area contributed by atoms with Gasteiger partial charge in [-0.2, -0.15) is 4.90 Å². The van der Waals surface area contributed by atoms with Crippen molar-refractivity contribution in [1.82, 2.24) is 34.8 Å². The van der Waals surface area contributed by atoms with E-state index in [1.165, 1.54) is 32.9 Å². The van der Waals surface area contributed by atoms with E-state index in [2.05, 4.69) is 35.1 Å². The molecule has 306 valence electrons. The van der Waals surface area contributed by atoms with Crippen LogP contribution in [0.4, 0.5) is 34.7 Å². The molecule has 1 saturated heterocycles. The zero-order valence-electron chi connectivity index (χ0n) is 33.5. The molecule has 1 aliphatic rings. The van der Waals surface area contributed by atoms with Crippen LogP contribution in [0.5, 0.6) is 5.88 Å². The van der Waals surface area contributed by atoms with Gasteiger partial charge in [0.15, 0.2) is 28.6 Å². The van der Waals surface area contributed by atoms with Crippen molar-refractivity contribution in [2.45, 2.75) is 77.7 Å². The van der Waals surface area contributed by atoms with Crippen LogP contribution < -0.4 is 19.9 Å². The number of ether oxygens (including phenoxy) is 4. The SMILES string of the molecule is COC(=O)NC1(c2cccnc2OC)CCCN(c2cnc(-c3ccc(F)c(F)c3)cc2Cn2cnc3c(N(C(=O)OC(C)(C)C)C(=O)OC(C)(C)C)ncnc32)C1. The largest absolute Gasteiger partial charge is 0.481 e. The predicted octanol–water partition coefficient (Wildman–Crippen LogP) is 7.15. The number of hydrogen-bond acceptors (Lipinski definition) is 13. The molecule has 16 nitrogen and oxygen atoms in total. The molecule has 1 aromatic carbocycles. The number of carbonyl (C=O) groups excluding carboxylic acids is 3. The number of hydrogen-bond donors (Lipinski definition) is 1. The Morgan fingerprint density at radius 1 is 0.914 bits per heavy atom. The highest BCUT2D eigenvalue weighted by Crippen LogP contribution is 2.39. The summed E-state index contributed by atoms with van der Waals surface area (Å²) >= 11 is 0. The number of aromatic nitrogens is 6. The molecule has 58 heavy (non-hydrogen) atoms.